The Labute approximate surface area is 359 Å². The molecule has 7 heterocycles. The maximum atomic E-state index is 17.8. The van der Waals surface area contributed by atoms with Crippen LogP contribution in [0.15, 0.2) is 36.4 Å². The summed E-state index contributed by atoms with van der Waals surface area (Å²) in [4.78, 5) is 34.8. The number of amides is 1. The predicted octanol–water partition coefficient (Wildman–Crippen LogP) is 9.86. The van der Waals surface area contributed by atoms with Crippen LogP contribution in [0.2, 0.25) is 16.6 Å². The topological polar surface area (TPSA) is 93.2 Å². The van der Waals surface area contributed by atoms with Crippen LogP contribution in [0.1, 0.15) is 100.0 Å². The predicted molar refractivity (Wildman–Crippen MR) is 238 cm³/mol. The second-order valence-corrected chi connectivity index (χ2v) is 25.7. The summed E-state index contributed by atoms with van der Waals surface area (Å²) in [6.45, 7) is 21.4. The molecule has 9 rings (SSSR count). The van der Waals surface area contributed by atoms with Gasteiger partial charge in [-0.3, -0.25) is 9.80 Å². The van der Waals surface area contributed by atoms with Gasteiger partial charge in [0, 0.05) is 36.0 Å². The van der Waals surface area contributed by atoms with E-state index in [-0.39, 0.29) is 60.5 Å². The van der Waals surface area contributed by atoms with Crippen LogP contribution in [-0.4, -0.2) is 107 Å². The molecule has 2 aromatic heterocycles. The lowest BCUT2D eigenvalue weighted by Crippen LogP contribution is -2.63. The van der Waals surface area contributed by atoms with Crippen molar-refractivity contribution in [1.82, 2.24) is 24.8 Å². The van der Waals surface area contributed by atoms with Crippen molar-refractivity contribution in [2.24, 2.45) is 0 Å². The van der Waals surface area contributed by atoms with E-state index in [9.17, 15) is 9.18 Å². The molecule has 0 radical (unpaired) electrons. The number of carbonyl (C=O) groups is 1. The fraction of sp³-hybridized carbons (Fsp3) is 0.583. The number of rotatable bonds is 7. The minimum atomic E-state index is -2.11. The van der Waals surface area contributed by atoms with E-state index in [1.807, 2.05) is 62.1 Å². The molecule has 5 aliphatic rings. The molecule has 0 aliphatic carbocycles. The summed E-state index contributed by atoms with van der Waals surface area (Å²) in [5, 5.41) is 2.11. The summed E-state index contributed by atoms with van der Waals surface area (Å²) in [5.74, 6) is 3.74. The van der Waals surface area contributed by atoms with Crippen LogP contribution in [0.3, 0.4) is 0 Å². The van der Waals surface area contributed by atoms with Crippen LogP contribution in [0.4, 0.5) is 19.4 Å². The van der Waals surface area contributed by atoms with Crippen LogP contribution in [0.25, 0.3) is 32.9 Å². The largest absolute Gasteiger partial charge is 0.475 e. The van der Waals surface area contributed by atoms with E-state index in [1.54, 1.807) is 0 Å². The van der Waals surface area contributed by atoms with Crippen molar-refractivity contribution in [2.75, 3.05) is 37.7 Å². The summed E-state index contributed by atoms with van der Waals surface area (Å²) in [7, 11) is -2.11. The second kappa shape index (κ2) is 15.4. The third kappa shape index (κ3) is 7.00. The molecule has 4 fully saturated rings. The first kappa shape index (κ1) is 41.8. The molecule has 10 nitrogen and oxygen atoms in total. The molecule has 1 amide bonds. The molecule has 0 spiro atoms. The van der Waals surface area contributed by atoms with Gasteiger partial charge in [-0.1, -0.05) is 77.8 Å². The van der Waals surface area contributed by atoms with Crippen molar-refractivity contribution in [3.05, 3.63) is 47.8 Å². The molecule has 4 saturated heterocycles. The van der Waals surface area contributed by atoms with Crippen molar-refractivity contribution in [1.29, 1.82) is 0 Å². The SMILES string of the molecule is CC(C)[Si](C#Cc1cccc2cccc(-c3nc4c5c(nc(OC[C@@]67CCCN6C[C@H](F)C7)nc5c3F)N3C[C@H]5CC[C@@H]([C@H]3CO4)N5C(=O)OC(C)(C)C)c12)(C(C)C)C(C)C. The molecule has 0 unspecified atom stereocenters. The van der Waals surface area contributed by atoms with Crippen molar-refractivity contribution in [3.8, 4) is 34.6 Å². The van der Waals surface area contributed by atoms with E-state index in [2.05, 4.69) is 62.8 Å². The Balaban J connectivity index is 1.20. The number of carbonyl (C=O) groups excluding carboxylic acids is 1. The Hall–Kier alpha value is -4.54. The first-order valence-electron chi connectivity index (χ1n) is 22.4. The summed E-state index contributed by atoms with van der Waals surface area (Å²) in [6, 6.07) is 11.2. The van der Waals surface area contributed by atoms with E-state index >= 15 is 4.39 Å². The lowest BCUT2D eigenvalue weighted by molar-refractivity contribution is 0.00538. The van der Waals surface area contributed by atoms with Crippen LogP contribution < -0.4 is 14.4 Å². The van der Waals surface area contributed by atoms with E-state index in [4.69, 9.17) is 29.2 Å². The Morgan fingerprint density at radius 2 is 1.72 bits per heavy atom. The molecule has 0 saturated carbocycles. The fourth-order valence-electron chi connectivity index (χ4n) is 11.8. The number of alkyl halides is 1. The summed E-state index contributed by atoms with van der Waals surface area (Å²) < 4.78 is 51.7. The molecule has 61 heavy (non-hydrogen) atoms. The number of benzene rings is 2. The van der Waals surface area contributed by atoms with Crippen LogP contribution >= 0.6 is 0 Å². The number of halogens is 2. The standard InChI is InChI=1S/C48H60F2N6O4Si/c1-28(2)61(29(3)4,30(5)6)22-19-32-14-10-13-31-15-11-16-35(38(31)32)41-40(50)42-39-43(53-45(52-42)59-27-48-20-12-21-54(48)24-33(49)23-48)55-25-34-17-18-36(37(55)26-58-44(39)51-41)56(34)46(57)60-47(7,8)9/h10-11,13-16,28-30,33-34,36-37H,12,17-18,20-21,23-27H2,1-9H3/t33-,34-,36+,37-,48+/m1/s1. The molecular formula is C48H60F2N6O4Si. The van der Waals surface area contributed by atoms with Gasteiger partial charge in [-0.25, -0.2) is 18.6 Å². The number of hydrogen-bond donors (Lipinski definition) is 0. The smallest absolute Gasteiger partial charge is 0.410 e. The molecule has 2 bridgehead atoms. The third-order valence-electron chi connectivity index (χ3n) is 14.4. The number of pyridine rings is 1. The van der Waals surface area contributed by atoms with Gasteiger partial charge in [0.15, 0.2) is 5.82 Å². The molecule has 324 valence electrons. The highest BCUT2D eigenvalue weighted by Crippen LogP contribution is 2.47. The number of aromatic nitrogens is 3. The first-order valence-corrected chi connectivity index (χ1v) is 24.6. The van der Waals surface area contributed by atoms with E-state index in [0.717, 1.165) is 48.6 Å². The zero-order valence-electron chi connectivity index (χ0n) is 37.1. The average molecular weight is 851 g/mol. The number of anilines is 1. The number of hydrogen-bond acceptors (Lipinski definition) is 9. The molecule has 0 N–H and O–H groups in total. The number of nitrogens with zero attached hydrogens (tertiary/aromatic N) is 6. The number of piperazine rings is 1. The summed E-state index contributed by atoms with van der Waals surface area (Å²) >= 11 is 0. The van der Waals surface area contributed by atoms with Crippen molar-refractivity contribution in [2.45, 2.75) is 146 Å². The number of fused-ring (bicyclic) bond motifs is 7. The van der Waals surface area contributed by atoms with E-state index < -0.39 is 31.2 Å². The van der Waals surface area contributed by atoms with Gasteiger partial charge in [-0.05, 0) is 81.1 Å². The normalized spacial score (nSPS) is 24.9. The number of ether oxygens (including phenoxy) is 3. The van der Waals surface area contributed by atoms with Gasteiger partial charge in [0.1, 0.15) is 55.5 Å². The van der Waals surface area contributed by atoms with Crippen LogP contribution in [0, 0.1) is 17.3 Å². The van der Waals surface area contributed by atoms with Gasteiger partial charge in [-0.15, -0.1) is 5.54 Å². The van der Waals surface area contributed by atoms with Gasteiger partial charge in [0.25, 0.3) is 0 Å². The minimum Gasteiger partial charge on any atom is -0.475 e. The molecule has 5 aliphatic heterocycles. The lowest BCUT2D eigenvalue weighted by Gasteiger charge is -2.46. The first-order chi connectivity index (χ1) is 29.0. The van der Waals surface area contributed by atoms with E-state index in [0.29, 0.717) is 52.9 Å². The highest BCUT2D eigenvalue weighted by molar-refractivity contribution is 6.90. The summed E-state index contributed by atoms with van der Waals surface area (Å²) in [5.41, 5.74) is 5.68. The van der Waals surface area contributed by atoms with Gasteiger partial charge >= 0.3 is 12.1 Å². The van der Waals surface area contributed by atoms with Crippen molar-refractivity contribution < 1.29 is 27.8 Å². The Morgan fingerprint density at radius 1 is 0.984 bits per heavy atom. The summed E-state index contributed by atoms with van der Waals surface area (Å²) in [6.07, 6.45) is 2.43. The Morgan fingerprint density at radius 3 is 2.44 bits per heavy atom. The van der Waals surface area contributed by atoms with Crippen molar-refractivity contribution >= 4 is 41.7 Å². The molecule has 5 atom stereocenters. The van der Waals surface area contributed by atoms with Gasteiger partial charge in [0.05, 0.1) is 23.7 Å². The van der Waals surface area contributed by atoms with Gasteiger partial charge in [-0.2, -0.15) is 9.97 Å². The molecule has 13 heteroatoms. The minimum absolute atomic E-state index is 0.0254. The lowest BCUT2D eigenvalue weighted by atomic mass is 9.95. The molecular weight excluding hydrogens is 791 g/mol. The fourth-order valence-corrected chi connectivity index (χ4v) is 17.0. The highest BCUT2D eigenvalue weighted by Gasteiger charge is 2.53. The van der Waals surface area contributed by atoms with Crippen molar-refractivity contribution in [3.63, 3.8) is 0 Å². The van der Waals surface area contributed by atoms with Gasteiger partial charge < -0.3 is 19.1 Å². The Bertz CT molecular complexity index is 2420. The highest BCUT2D eigenvalue weighted by atomic mass is 28.3. The molecule has 2 aromatic carbocycles. The zero-order valence-corrected chi connectivity index (χ0v) is 38.1. The van der Waals surface area contributed by atoms with Gasteiger partial charge in [0.2, 0.25) is 5.88 Å². The Kier molecular flexibility index (Phi) is 10.5. The van der Waals surface area contributed by atoms with Crippen LogP contribution in [0.5, 0.6) is 11.9 Å². The third-order valence-corrected chi connectivity index (χ3v) is 20.7. The average Bonchev–Trinajstić information content (AvgIpc) is 3.80. The second-order valence-electron chi connectivity index (χ2n) is 20.1. The maximum absolute atomic E-state index is 17.8. The molecule has 4 aromatic rings. The maximum Gasteiger partial charge on any atom is 0.410 e. The monoisotopic (exact) mass is 850 g/mol. The van der Waals surface area contributed by atoms with Crippen LogP contribution in [-0.2, 0) is 4.74 Å². The van der Waals surface area contributed by atoms with E-state index in [1.165, 1.54) is 0 Å². The quantitative estimate of drug-likeness (QED) is 0.133. The zero-order chi connectivity index (χ0) is 43.2.